The van der Waals surface area contributed by atoms with Crippen LogP contribution in [0.3, 0.4) is 0 Å². The normalized spacial score (nSPS) is 16.7. The molecule has 0 saturated carbocycles. The topological polar surface area (TPSA) is 29.5 Å². The molecule has 1 fully saturated rings. The molecule has 1 aliphatic heterocycles. The molecular weight excluding hydrogens is 274 g/mol. The molecule has 108 valence electrons. The zero-order chi connectivity index (χ0) is 14.4. The van der Waals surface area contributed by atoms with E-state index in [9.17, 15) is 4.79 Å². The number of rotatable bonds is 5. The lowest BCUT2D eigenvalue weighted by atomic mass is 10.1. The zero-order valence-corrected chi connectivity index (χ0v) is 12.5. The first-order valence-electron chi connectivity index (χ1n) is 6.92. The molecule has 0 amide bonds. The number of carbonyl (C=O) groups is 1. The maximum Gasteiger partial charge on any atom is 0.156 e. The Balaban J connectivity index is 1.82. The van der Waals surface area contributed by atoms with Gasteiger partial charge in [0.1, 0.15) is 0 Å². The third kappa shape index (κ3) is 4.75. The van der Waals surface area contributed by atoms with Crippen molar-refractivity contribution < 1.29 is 9.53 Å². The Hall–Kier alpha value is -1.16. The summed E-state index contributed by atoms with van der Waals surface area (Å²) in [5.74, 6) is 0.158. The minimum Gasteiger partial charge on any atom is -0.379 e. The van der Waals surface area contributed by atoms with Crippen LogP contribution >= 0.6 is 11.6 Å². The maximum atomic E-state index is 11.9. The number of benzene rings is 1. The fourth-order valence-electron chi connectivity index (χ4n) is 2.19. The molecule has 0 unspecified atom stereocenters. The highest BCUT2D eigenvalue weighted by molar-refractivity contribution is 6.30. The van der Waals surface area contributed by atoms with Crippen LogP contribution in [0.1, 0.15) is 17.5 Å². The van der Waals surface area contributed by atoms with E-state index in [0.717, 1.165) is 49.0 Å². The Bertz CT molecular complexity index is 493. The van der Waals surface area contributed by atoms with Crippen molar-refractivity contribution in [1.29, 1.82) is 0 Å². The van der Waals surface area contributed by atoms with Crippen LogP contribution < -0.4 is 0 Å². The first-order valence-corrected chi connectivity index (χ1v) is 7.30. The first kappa shape index (κ1) is 15.2. The highest BCUT2D eigenvalue weighted by Crippen LogP contribution is 2.16. The maximum absolute atomic E-state index is 11.9. The van der Waals surface area contributed by atoms with Crippen LogP contribution in [-0.2, 0) is 9.53 Å². The van der Waals surface area contributed by atoms with Gasteiger partial charge in [-0.05, 0) is 36.3 Å². The molecule has 0 aliphatic carbocycles. The lowest BCUT2D eigenvalue weighted by molar-refractivity contribution is -0.115. The van der Waals surface area contributed by atoms with Crippen molar-refractivity contribution in [3.05, 3.63) is 40.4 Å². The van der Waals surface area contributed by atoms with E-state index in [1.165, 1.54) is 0 Å². The highest BCUT2D eigenvalue weighted by atomic mass is 35.5. The fraction of sp³-hybridized carbons (Fsp3) is 0.438. The van der Waals surface area contributed by atoms with Crippen molar-refractivity contribution in [2.24, 2.45) is 0 Å². The second-order valence-electron chi connectivity index (χ2n) is 5.00. The van der Waals surface area contributed by atoms with Gasteiger partial charge in [-0.15, -0.1) is 0 Å². The first-order chi connectivity index (χ1) is 9.65. The second kappa shape index (κ2) is 7.58. The van der Waals surface area contributed by atoms with Gasteiger partial charge in [0.2, 0.25) is 0 Å². The molecule has 1 saturated heterocycles. The van der Waals surface area contributed by atoms with Crippen LogP contribution in [0.25, 0.3) is 6.08 Å². The van der Waals surface area contributed by atoms with Crippen molar-refractivity contribution in [1.82, 2.24) is 4.90 Å². The van der Waals surface area contributed by atoms with Gasteiger partial charge in [-0.2, -0.15) is 0 Å². The molecule has 1 aliphatic rings. The van der Waals surface area contributed by atoms with Gasteiger partial charge in [0, 0.05) is 31.1 Å². The van der Waals surface area contributed by atoms with Gasteiger partial charge in [0.15, 0.2) is 5.78 Å². The number of ketones is 1. The summed E-state index contributed by atoms with van der Waals surface area (Å²) in [5.41, 5.74) is 2.11. The van der Waals surface area contributed by atoms with Crippen LogP contribution in [0, 0.1) is 6.92 Å². The van der Waals surface area contributed by atoms with Crippen molar-refractivity contribution in [3.63, 3.8) is 0 Å². The molecule has 0 bridgehead atoms. The number of nitrogens with zero attached hydrogens (tertiary/aromatic N) is 1. The third-order valence-electron chi connectivity index (χ3n) is 3.46. The van der Waals surface area contributed by atoms with Crippen LogP contribution in [0.15, 0.2) is 24.3 Å². The minimum absolute atomic E-state index is 0.158. The van der Waals surface area contributed by atoms with Gasteiger partial charge < -0.3 is 4.74 Å². The van der Waals surface area contributed by atoms with Crippen LogP contribution in [0.4, 0.5) is 0 Å². The van der Waals surface area contributed by atoms with E-state index in [2.05, 4.69) is 4.90 Å². The van der Waals surface area contributed by atoms with Gasteiger partial charge in [-0.1, -0.05) is 23.7 Å². The SMILES string of the molecule is Cc1cc(Cl)ccc1C=CC(=O)CCN1CCOCC1. The number of aryl methyl sites for hydroxylation is 1. The Morgan fingerprint density at radius 1 is 1.40 bits per heavy atom. The van der Waals surface area contributed by atoms with Gasteiger partial charge in [-0.3, -0.25) is 9.69 Å². The summed E-state index contributed by atoms with van der Waals surface area (Å²) in [6.45, 7) is 6.19. The molecule has 0 aromatic heterocycles. The van der Waals surface area contributed by atoms with Gasteiger partial charge in [0.25, 0.3) is 0 Å². The summed E-state index contributed by atoms with van der Waals surface area (Å²) in [4.78, 5) is 14.1. The van der Waals surface area contributed by atoms with E-state index in [0.29, 0.717) is 6.42 Å². The van der Waals surface area contributed by atoms with Crippen molar-refractivity contribution in [2.75, 3.05) is 32.8 Å². The van der Waals surface area contributed by atoms with E-state index >= 15 is 0 Å². The molecule has 0 radical (unpaired) electrons. The number of ether oxygens (including phenoxy) is 1. The molecule has 0 atom stereocenters. The van der Waals surface area contributed by atoms with Crippen molar-refractivity contribution >= 4 is 23.5 Å². The largest absolute Gasteiger partial charge is 0.379 e. The predicted octanol–water partition coefficient (Wildman–Crippen LogP) is 2.95. The standard InChI is InChI=1S/C16H20ClNO2/c1-13-12-15(17)4-2-14(13)3-5-16(19)6-7-18-8-10-20-11-9-18/h2-5,12H,6-11H2,1H3. The van der Waals surface area contributed by atoms with E-state index in [1.807, 2.05) is 31.2 Å². The molecule has 0 spiro atoms. The Labute approximate surface area is 125 Å². The molecule has 1 heterocycles. The number of allylic oxidation sites excluding steroid dienone is 1. The molecule has 4 heteroatoms. The van der Waals surface area contributed by atoms with E-state index in [4.69, 9.17) is 16.3 Å². The number of hydrogen-bond donors (Lipinski definition) is 0. The summed E-state index contributed by atoms with van der Waals surface area (Å²) in [5, 5.41) is 0.721. The number of halogens is 1. The summed E-state index contributed by atoms with van der Waals surface area (Å²) >= 11 is 5.91. The Kier molecular flexibility index (Phi) is 5.77. The zero-order valence-electron chi connectivity index (χ0n) is 11.8. The Morgan fingerprint density at radius 3 is 2.85 bits per heavy atom. The number of morpholine rings is 1. The van der Waals surface area contributed by atoms with Crippen LogP contribution in [-0.4, -0.2) is 43.5 Å². The quantitative estimate of drug-likeness (QED) is 0.782. The lowest BCUT2D eigenvalue weighted by Gasteiger charge is -2.25. The van der Waals surface area contributed by atoms with Gasteiger partial charge >= 0.3 is 0 Å². The average Bonchev–Trinajstić information content (AvgIpc) is 2.45. The predicted molar refractivity (Wildman–Crippen MR) is 82.1 cm³/mol. The molecule has 2 rings (SSSR count). The third-order valence-corrected chi connectivity index (χ3v) is 3.69. The highest BCUT2D eigenvalue weighted by Gasteiger charge is 2.10. The minimum atomic E-state index is 0.158. The number of hydrogen-bond acceptors (Lipinski definition) is 3. The van der Waals surface area contributed by atoms with Crippen molar-refractivity contribution in [2.45, 2.75) is 13.3 Å². The molecule has 3 nitrogen and oxygen atoms in total. The van der Waals surface area contributed by atoms with Crippen LogP contribution in [0.5, 0.6) is 0 Å². The summed E-state index contributed by atoms with van der Waals surface area (Å²) < 4.78 is 5.28. The fourth-order valence-corrected chi connectivity index (χ4v) is 2.41. The lowest BCUT2D eigenvalue weighted by Crippen LogP contribution is -2.37. The van der Waals surface area contributed by atoms with E-state index < -0.39 is 0 Å². The van der Waals surface area contributed by atoms with E-state index in [1.54, 1.807) is 6.08 Å². The van der Waals surface area contributed by atoms with Gasteiger partial charge in [-0.25, -0.2) is 0 Å². The second-order valence-corrected chi connectivity index (χ2v) is 5.44. The molecule has 20 heavy (non-hydrogen) atoms. The molecular formula is C16H20ClNO2. The van der Waals surface area contributed by atoms with Crippen molar-refractivity contribution in [3.8, 4) is 0 Å². The summed E-state index contributed by atoms with van der Waals surface area (Å²) in [6, 6.07) is 5.68. The molecule has 1 aromatic rings. The summed E-state index contributed by atoms with van der Waals surface area (Å²) in [7, 11) is 0. The summed E-state index contributed by atoms with van der Waals surface area (Å²) in [6.07, 6.45) is 4.09. The van der Waals surface area contributed by atoms with E-state index in [-0.39, 0.29) is 5.78 Å². The monoisotopic (exact) mass is 293 g/mol. The Morgan fingerprint density at radius 2 is 2.15 bits per heavy atom. The molecule has 0 N–H and O–H groups in total. The smallest absolute Gasteiger partial charge is 0.156 e. The van der Waals surface area contributed by atoms with Crippen LogP contribution in [0.2, 0.25) is 5.02 Å². The van der Waals surface area contributed by atoms with Gasteiger partial charge in [0.05, 0.1) is 13.2 Å². The molecule has 1 aromatic carbocycles. The average molecular weight is 294 g/mol. The number of carbonyl (C=O) groups excluding carboxylic acids is 1.